The van der Waals surface area contributed by atoms with E-state index in [4.69, 9.17) is 0 Å². The number of para-hydroxylation sites is 2. The van der Waals surface area contributed by atoms with Crippen molar-refractivity contribution in [2.45, 2.75) is 58.8 Å². The molecular weight excluding hydrogens is 364 g/mol. The predicted molar refractivity (Wildman–Crippen MR) is 128 cm³/mol. The van der Waals surface area contributed by atoms with Crippen molar-refractivity contribution in [2.24, 2.45) is 5.92 Å². The van der Waals surface area contributed by atoms with Gasteiger partial charge in [0.25, 0.3) is 0 Å². The molecule has 1 atom stereocenters. The lowest BCUT2D eigenvalue weighted by molar-refractivity contribution is 0.598. The first-order valence-corrected chi connectivity index (χ1v) is 11.1. The third-order valence-corrected chi connectivity index (χ3v) is 7.62. The van der Waals surface area contributed by atoms with Crippen LogP contribution < -0.4 is 10.6 Å². The second kappa shape index (κ2) is 6.38. The lowest BCUT2D eigenvalue weighted by Gasteiger charge is -2.33. The van der Waals surface area contributed by atoms with Crippen LogP contribution in [0.4, 0.5) is 11.4 Å². The second-order valence-electron chi connectivity index (χ2n) is 10.2. The Balaban J connectivity index is 1.45. The maximum atomic E-state index is 3.72. The summed E-state index contributed by atoms with van der Waals surface area (Å²) < 4.78 is 0. The molecule has 1 aliphatic carbocycles. The van der Waals surface area contributed by atoms with E-state index in [1.807, 2.05) is 0 Å². The van der Waals surface area contributed by atoms with E-state index in [1.54, 1.807) is 0 Å². The molecule has 1 unspecified atom stereocenters. The lowest BCUT2D eigenvalue weighted by Crippen LogP contribution is -2.25. The monoisotopic (exact) mass is 396 g/mol. The van der Waals surface area contributed by atoms with Gasteiger partial charge in [0.2, 0.25) is 0 Å². The molecule has 2 N–H and O–H groups in total. The predicted octanol–water partition coefficient (Wildman–Crippen LogP) is 7.29. The molecular formula is C28H32N2. The minimum absolute atomic E-state index is 0.0246. The number of hydrogen-bond acceptors (Lipinski definition) is 2. The summed E-state index contributed by atoms with van der Waals surface area (Å²) in [6.07, 6.45) is 3.60. The Bertz CT molecular complexity index is 1140. The zero-order chi connectivity index (χ0) is 21.3. The van der Waals surface area contributed by atoms with Gasteiger partial charge < -0.3 is 10.6 Å². The Morgan fingerprint density at radius 1 is 0.767 bits per heavy atom. The van der Waals surface area contributed by atoms with Gasteiger partial charge in [-0.05, 0) is 60.2 Å². The highest BCUT2D eigenvalue weighted by Crippen LogP contribution is 2.50. The van der Waals surface area contributed by atoms with Crippen LogP contribution in [0, 0.1) is 5.92 Å². The van der Waals surface area contributed by atoms with Crippen LogP contribution in [0.25, 0.3) is 0 Å². The molecule has 0 saturated carbocycles. The Hall–Kier alpha value is -2.74. The van der Waals surface area contributed by atoms with E-state index in [0.29, 0.717) is 5.92 Å². The van der Waals surface area contributed by atoms with Crippen LogP contribution in [0.2, 0.25) is 0 Å². The molecule has 0 spiro atoms. The van der Waals surface area contributed by atoms with Crippen LogP contribution in [0.15, 0.2) is 82.7 Å². The van der Waals surface area contributed by atoms with E-state index in [1.165, 1.54) is 50.6 Å². The third kappa shape index (κ3) is 2.62. The molecule has 30 heavy (non-hydrogen) atoms. The van der Waals surface area contributed by atoms with E-state index in [2.05, 4.69) is 107 Å². The Labute approximate surface area is 180 Å². The largest absolute Gasteiger partial charge is 0.358 e. The fraction of sp³-hybridized carbons (Fsp3) is 0.357. The minimum Gasteiger partial charge on any atom is -0.358 e. The average molecular weight is 397 g/mol. The Morgan fingerprint density at radius 3 is 1.77 bits per heavy atom. The molecule has 2 nitrogen and oxygen atoms in total. The number of hydrogen-bond donors (Lipinski definition) is 2. The smallest absolute Gasteiger partial charge is 0.0424 e. The first-order chi connectivity index (χ1) is 14.2. The van der Waals surface area contributed by atoms with Crippen LogP contribution in [0.3, 0.4) is 0 Å². The molecule has 2 aromatic rings. The lowest BCUT2D eigenvalue weighted by atomic mass is 9.72. The van der Waals surface area contributed by atoms with Gasteiger partial charge in [-0.25, -0.2) is 0 Å². The van der Waals surface area contributed by atoms with Crippen molar-refractivity contribution < 1.29 is 0 Å². The molecule has 2 heteroatoms. The van der Waals surface area contributed by atoms with Crippen LogP contribution in [-0.4, -0.2) is 0 Å². The number of nitrogens with one attached hydrogen (secondary N) is 2. The quantitative estimate of drug-likeness (QED) is 0.557. The van der Waals surface area contributed by atoms with Gasteiger partial charge in [0, 0.05) is 39.5 Å². The summed E-state index contributed by atoms with van der Waals surface area (Å²) in [5, 5.41) is 7.44. The Kier molecular flexibility index (Phi) is 4.09. The zero-order valence-electron chi connectivity index (χ0n) is 19.0. The fourth-order valence-electron chi connectivity index (χ4n) is 5.63. The van der Waals surface area contributed by atoms with Crippen molar-refractivity contribution in [3.05, 3.63) is 93.8 Å². The number of anilines is 2. The molecule has 5 rings (SSSR count). The first-order valence-electron chi connectivity index (χ1n) is 11.1. The molecule has 154 valence electrons. The summed E-state index contributed by atoms with van der Waals surface area (Å²) in [4.78, 5) is 0. The van der Waals surface area contributed by atoms with Crippen molar-refractivity contribution in [3.8, 4) is 0 Å². The highest BCUT2D eigenvalue weighted by molar-refractivity contribution is 5.71. The second-order valence-corrected chi connectivity index (χ2v) is 10.2. The summed E-state index contributed by atoms with van der Waals surface area (Å²) in [6, 6.07) is 17.4. The molecule has 0 saturated heterocycles. The molecule has 0 amide bonds. The molecule has 0 radical (unpaired) electrons. The SMILES string of the molecule is CC(C1=CC(C(C)=C2Nc3ccccc3C2(C)C)C1)=C1Nc2ccccc2C1(C)C. The van der Waals surface area contributed by atoms with Crippen molar-refractivity contribution in [2.75, 3.05) is 10.6 Å². The van der Waals surface area contributed by atoms with E-state index >= 15 is 0 Å². The highest BCUT2D eigenvalue weighted by atomic mass is 15.0. The van der Waals surface area contributed by atoms with Crippen molar-refractivity contribution in [1.29, 1.82) is 0 Å². The number of allylic oxidation sites excluding steroid dienone is 6. The van der Waals surface area contributed by atoms with Crippen molar-refractivity contribution in [1.82, 2.24) is 0 Å². The van der Waals surface area contributed by atoms with E-state index in [-0.39, 0.29) is 10.8 Å². The first kappa shape index (κ1) is 19.2. The molecule has 3 aliphatic rings. The van der Waals surface area contributed by atoms with Crippen LogP contribution in [-0.2, 0) is 10.8 Å². The van der Waals surface area contributed by atoms with Crippen LogP contribution >= 0.6 is 0 Å². The molecule has 0 fully saturated rings. The Morgan fingerprint density at radius 2 is 1.23 bits per heavy atom. The van der Waals surface area contributed by atoms with Gasteiger partial charge in [-0.1, -0.05) is 70.2 Å². The third-order valence-electron chi connectivity index (χ3n) is 7.62. The molecule has 2 aromatic carbocycles. The highest BCUT2D eigenvalue weighted by Gasteiger charge is 2.39. The number of rotatable bonds is 2. The molecule has 2 heterocycles. The van der Waals surface area contributed by atoms with Crippen molar-refractivity contribution >= 4 is 11.4 Å². The normalized spacial score (nSPS) is 25.9. The standard InChI is InChI=1S/C28H32N2/c1-17(25-27(3,4)21-11-7-9-13-23(21)29-25)19-15-20(16-19)18(2)26-28(5,6)22-12-8-10-14-24(22)30-26/h7-15,19,29-30H,16H2,1-6H3. The van der Waals surface area contributed by atoms with Gasteiger partial charge in [-0.3, -0.25) is 0 Å². The zero-order valence-corrected chi connectivity index (χ0v) is 19.0. The van der Waals surface area contributed by atoms with Gasteiger partial charge in [0.15, 0.2) is 0 Å². The van der Waals surface area contributed by atoms with Gasteiger partial charge in [0.05, 0.1) is 0 Å². The topological polar surface area (TPSA) is 24.1 Å². The molecule has 0 aromatic heterocycles. The van der Waals surface area contributed by atoms with E-state index < -0.39 is 0 Å². The summed E-state index contributed by atoms with van der Waals surface area (Å²) in [7, 11) is 0. The maximum Gasteiger partial charge on any atom is 0.0424 e. The summed E-state index contributed by atoms with van der Waals surface area (Å²) in [5.74, 6) is 0.513. The van der Waals surface area contributed by atoms with E-state index in [0.717, 1.165) is 6.42 Å². The van der Waals surface area contributed by atoms with Crippen molar-refractivity contribution in [3.63, 3.8) is 0 Å². The number of benzene rings is 2. The van der Waals surface area contributed by atoms with Gasteiger partial charge in [-0.2, -0.15) is 0 Å². The average Bonchev–Trinajstić information content (AvgIpc) is 3.11. The summed E-state index contributed by atoms with van der Waals surface area (Å²) in [5.41, 5.74) is 12.5. The van der Waals surface area contributed by atoms with Gasteiger partial charge >= 0.3 is 0 Å². The maximum absolute atomic E-state index is 3.72. The summed E-state index contributed by atoms with van der Waals surface area (Å²) in [6.45, 7) is 13.9. The van der Waals surface area contributed by atoms with Gasteiger partial charge in [0.1, 0.15) is 0 Å². The molecule has 0 bridgehead atoms. The summed E-state index contributed by atoms with van der Waals surface area (Å²) >= 11 is 0. The van der Waals surface area contributed by atoms with Gasteiger partial charge in [-0.15, -0.1) is 0 Å². The number of fused-ring (bicyclic) bond motifs is 2. The van der Waals surface area contributed by atoms with Crippen LogP contribution in [0.5, 0.6) is 0 Å². The minimum atomic E-state index is 0.0246. The molecule has 2 aliphatic heterocycles. The van der Waals surface area contributed by atoms with Crippen LogP contribution in [0.1, 0.15) is 59.1 Å². The van der Waals surface area contributed by atoms with E-state index in [9.17, 15) is 0 Å². The fourth-order valence-corrected chi connectivity index (χ4v) is 5.63.